The number of hydrogen-bond donors (Lipinski definition) is 1. The Balaban J connectivity index is 2.13. The van der Waals surface area contributed by atoms with E-state index in [1.807, 2.05) is 0 Å². The molecule has 5 heteroatoms. The van der Waals surface area contributed by atoms with Crippen LogP contribution in [0, 0.1) is 13.8 Å². The van der Waals surface area contributed by atoms with Crippen molar-refractivity contribution in [3.05, 3.63) is 16.8 Å². The minimum Gasteiger partial charge on any atom is -0.394 e. The average Bonchev–Trinajstić information content (AvgIpc) is 2.74. The number of rotatable bonds is 2. The van der Waals surface area contributed by atoms with Crippen LogP contribution in [0.4, 0.5) is 5.82 Å². The number of aryl methyl sites for hydroxylation is 2. The molecule has 2 aromatic rings. The van der Waals surface area contributed by atoms with Crippen LogP contribution in [-0.4, -0.2) is 34.3 Å². The fraction of sp³-hybridized carbons (Fsp3) is 0.571. The molecule has 0 aliphatic carbocycles. The minimum atomic E-state index is 0.200. The predicted octanol–water partition coefficient (Wildman–Crippen LogP) is 2.66. The number of anilines is 1. The van der Waals surface area contributed by atoms with Crippen molar-refractivity contribution in [1.29, 1.82) is 0 Å². The van der Waals surface area contributed by atoms with Crippen molar-refractivity contribution >= 4 is 27.4 Å². The first-order valence-electron chi connectivity index (χ1n) is 6.80. The smallest absolute Gasteiger partial charge is 0.141 e. The summed E-state index contributed by atoms with van der Waals surface area (Å²) in [6, 6.07) is 0.200. The molecular weight excluding hydrogens is 258 g/mol. The van der Waals surface area contributed by atoms with Crippen molar-refractivity contribution in [2.24, 2.45) is 0 Å². The number of thiophene rings is 1. The van der Waals surface area contributed by atoms with Gasteiger partial charge in [-0.1, -0.05) is 0 Å². The van der Waals surface area contributed by atoms with Crippen LogP contribution in [-0.2, 0) is 0 Å². The number of hydrogen-bond acceptors (Lipinski definition) is 5. The van der Waals surface area contributed by atoms with E-state index in [0.29, 0.717) is 0 Å². The molecule has 1 unspecified atom stereocenters. The standard InChI is InChI=1S/C14H19N3OS/c1-9-10(2)19-14-12(9)13(15-8-16-14)17-6-4-3-5-11(17)7-18/h8,11,18H,3-7H2,1-2H3. The third-order valence-corrected chi connectivity index (χ3v) is 5.17. The van der Waals surface area contributed by atoms with E-state index in [4.69, 9.17) is 0 Å². The van der Waals surface area contributed by atoms with Crippen molar-refractivity contribution in [3.63, 3.8) is 0 Å². The lowest BCUT2D eigenvalue weighted by molar-refractivity contribution is 0.239. The van der Waals surface area contributed by atoms with Gasteiger partial charge in [0.25, 0.3) is 0 Å². The molecule has 1 atom stereocenters. The predicted molar refractivity (Wildman–Crippen MR) is 79.0 cm³/mol. The Morgan fingerprint density at radius 3 is 3.00 bits per heavy atom. The van der Waals surface area contributed by atoms with Crippen LogP contribution in [0.2, 0.25) is 0 Å². The maximum Gasteiger partial charge on any atom is 0.141 e. The Hall–Kier alpha value is -1.20. The van der Waals surface area contributed by atoms with Crippen LogP contribution in [0.25, 0.3) is 10.2 Å². The molecule has 0 bridgehead atoms. The number of aliphatic hydroxyl groups excluding tert-OH is 1. The van der Waals surface area contributed by atoms with Gasteiger partial charge in [0.15, 0.2) is 0 Å². The van der Waals surface area contributed by atoms with Gasteiger partial charge >= 0.3 is 0 Å². The zero-order valence-electron chi connectivity index (χ0n) is 11.4. The fourth-order valence-electron chi connectivity index (χ4n) is 2.85. The SMILES string of the molecule is Cc1sc2ncnc(N3CCCCC3CO)c2c1C. The van der Waals surface area contributed by atoms with Gasteiger partial charge in [0.05, 0.1) is 18.0 Å². The summed E-state index contributed by atoms with van der Waals surface area (Å²) in [5.74, 6) is 1.01. The van der Waals surface area contributed by atoms with E-state index in [1.54, 1.807) is 17.7 Å². The van der Waals surface area contributed by atoms with Gasteiger partial charge in [-0.05, 0) is 38.7 Å². The topological polar surface area (TPSA) is 49.2 Å². The van der Waals surface area contributed by atoms with Gasteiger partial charge in [0.2, 0.25) is 0 Å². The van der Waals surface area contributed by atoms with E-state index >= 15 is 0 Å². The average molecular weight is 277 g/mol. The lowest BCUT2D eigenvalue weighted by Crippen LogP contribution is -2.42. The zero-order chi connectivity index (χ0) is 13.4. The summed E-state index contributed by atoms with van der Waals surface area (Å²) in [5.41, 5.74) is 1.28. The van der Waals surface area contributed by atoms with Crippen LogP contribution in [0.3, 0.4) is 0 Å². The number of nitrogens with zero attached hydrogens (tertiary/aromatic N) is 3. The fourth-order valence-corrected chi connectivity index (χ4v) is 3.84. The molecule has 3 rings (SSSR count). The highest BCUT2D eigenvalue weighted by molar-refractivity contribution is 7.18. The monoisotopic (exact) mass is 277 g/mol. The molecule has 102 valence electrons. The molecule has 4 nitrogen and oxygen atoms in total. The van der Waals surface area contributed by atoms with Gasteiger partial charge in [-0.2, -0.15) is 0 Å². The number of piperidine rings is 1. The molecule has 0 amide bonds. The van der Waals surface area contributed by atoms with Gasteiger partial charge in [-0.3, -0.25) is 0 Å². The molecule has 0 spiro atoms. The van der Waals surface area contributed by atoms with E-state index in [-0.39, 0.29) is 12.6 Å². The summed E-state index contributed by atoms with van der Waals surface area (Å²) in [4.78, 5) is 13.5. The van der Waals surface area contributed by atoms with Gasteiger partial charge in [-0.25, -0.2) is 9.97 Å². The van der Waals surface area contributed by atoms with Crippen LogP contribution in [0.1, 0.15) is 29.7 Å². The van der Waals surface area contributed by atoms with E-state index < -0.39 is 0 Å². The molecule has 0 aromatic carbocycles. The van der Waals surface area contributed by atoms with E-state index in [1.165, 1.54) is 28.7 Å². The Kier molecular flexibility index (Phi) is 3.41. The maximum atomic E-state index is 9.59. The van der Waals surface area contributed by atoms with Crippen LogP contribution in [0.5, 0.6) is 0 Å². The molecule has 3 heterocycles. The first kappa shape index (κ1) is 12.8. The molecule has 1 fully saturated rings. The summed E-state index contributed by atoms with van der Waals surface area (Å²) in [7, 11) is 0. The Bertz CT molecular complexity index is 596. The van der Waals surface area contributed by atoms with Gasteiger partial charge in [0.1, 0.15) is 17.0 Å². The Morgan fingerprint density at radius 1 is 1.37 bits per heavy atom. The third-order valence-electron chi connectivity index (χ3n) is 4.06. The maximum absolute atomic E-state index is 9.59. The Labute approximate surface area is 117 Å². The van der Waals surface area contributed by atoms with Gasteiger partial charge in [0, 0.05) is 11.4 Å². The number of fused-ring (bicyclic) bond motifs is 1. The summed E-state index contributed by atoms with van der Waals surface area (Å²) in [6.07, 6.45) is 5.06. The van der Waals surface area contributed by atoms with Gasteiger partial charge in [-0.15, -0.1) is 11.3 Å². The summed E-state index contributed by atoms with van der Waals surface area (Å²) in [5, 5.41) is 10.8. The van der Waals surface area contributed by atoms with Gasteiger partial charge < -0.3 is 10.0 Å². The van der Waals surface area contributed by atoms with Crippen molar-refractivity contribution in [3.8, 4) is 0 Å². The van der Waals surface area contributed by atoms with Crippen molar-refractivity contribution in [1.82, 2.24) is 9.97 Å². The lowest BCUT2D eigenvalue weighted by atomic mass is 10.0. The van der Waals surface area contributed by atoms with E-state index in [2.05, 4.69) is 28.7 Å². The summed E-state index contributed by atoms with van der Waals surface area (Å²) in [6.45, 7) is 5.45. The highest BCUT2D eigenvalue weighted by Crippen LogP contribution is 2.36. The quantitative estimate of drug-likeness (QED) is 0.917. The lowest BCUT2D eigenvalue weighted by Gasteiger charge is -2.35. The van der Waals surface area contributed by atoms with Crippen molar-refractivity contribution < 1.29 is 5.11 Å². The van der Waals surface area contributed by atoms with E-state index in [0.717, 1.165) is 23.6 Å². The summed E-state index contributed by atoms with van der Waals surface area (Å²) < 4.78 is 0. The molecule has 1 aliphatic rings. The second-order valence-electron chi connectivity index (χ2n) is 5.19. The molecule has 1 N–H and O–H groups in total. The minimum absolute atomic E-state index is 0.200. The second kappa shape index (κ2) is 5.06. The first-order chi connectivity index (χ1) is 9.22. The molecule has 0 saturated carbocycles. The number of aliphatic hydroxyl groups is 1. The van der Waals surface area contributed by atoms with Crippen LogP contribution >= 0.6 is 11.3 Å². The Morgan fingerprint density at radius 2 is 2.21 bits per heavy atom. The zero-order valence-corrected chi connectivity index (χ0v) is 12.2. The molecule has 19 heavy (non-hydrogen) atoms. The second-order valence-corrected chi connectivity index (χ2v) is 6.39. The van der Waals surface area contributed by atoms with Crippen LogP contribution < -0.4 is 4.90 Å². The molecule has 2 aromatic heterocycles. The highest BCUT2D eigenvalue weighted by Gasteiger charge is 2.25. The first-order valence-corrected chi connectivity index (χ1v) is 7.62. The largest absolute Gasteiger partial charge is 0.394 e. The van der Waals surface area contributed by atoms with Crippen molar-refractivity contribution in [2.45, 2.75) is 39.2 Å². The molecule has 1 aliphatic heterocycles. The van der Waals surface area contributed by atoms with Crippen LogP contribution in [0.15, 0.2) is 6.33 Å². The highest BCUT2D eigenvalue weighted by atomic mass is 32.1. The normalized spacial score (nSPS) is 20.2. The molecular formula is C14H19N3OS. The third kappa shape index (κ3) is 2.11. The molecule has 0 radical (unpaired) electrons. The van der Waals surface area contributed by atoms with E-state index in [9.17, 15) is 5.11 Å². The van der Waals surface area contributed by atoms with Crippen molar-refractivity contribution in [2.75, 3.05) is 18.1 Å². The summed E-state index contributed by atoms with van der Waals surface area (Å²) >= 11 is 1.73. The molecule has 1 saturated heterocycles. The number of aromatic nitrogens is 2.